The largest absolute Gasteiger partial charge is 0.456 e. The van der Waals surface area contributed by atoms with Gasteiger partial charge in [-0.3, -0.25) is 0 Å². The van der Waals surface area contributed by atoms with E-state index in [1.807, 2.05) is 66.7 Å². The Hall–Kier alpha value is -6.59. The number of anilines is 3. The van der Waals surface area contributed by atoms with Crippen molar-refractivity contribution >= 4 is 72.0 Å². The van der Waals surface area contributed by atoms with Crippen LogP contribution in [0.2, 0.25) is 0 Å². The number of fused-ring (bicyclic) bond motifs is 8. The van der Waals surface area contributed by atoms with Crippen LogP contribution in [0.25, 0.3) is 77.6 Å². The summed E-state index contributed by atoms with van der Waals surface area (Å²) in [7, 11) is 0. The van der Waals surface area contributed by atoms with Crippen LogP contribution in [0.4, 0.5) is 17.1 Å². The van der Waals surface area contributed by atoms with Gasteiger partial charge in [0.05, 0.1) is 11.1 Å². The summed E-state index contributed by atoms with van der Waals surface area (Å²) >= 11 is 0. The molecule has 10 aromatic rings. The van der Waals surface area contributed by atoms with Gasteiger partial charge >= 0.3 is 0 Å². The molecule has 0 spiro atoms. The van der Waals surface area contributed by atoms with Gasteiger partial charge in [0.15, 0.2) is 5.58 Å². The fourth-order valence-corrected chi connectivity index (χ4v) is 6.89. The summed E-state index contributed by atoms with van der Waals surface area (Å²) in [4.78, 5) is 7.08. The lowest BCUT2D eigenvalue weighted by atomic mass is 10.0. The molecule has 0 saturated heterocycles. The molecule has 0 radical (unpaired) electrons. The van der Waals surface area contributed by atoms with E-state index in [0.717, 1.165) is 88.7 Å². The van der Waals surface area contributed by atoms with Gasteiger partial charge in [0.25, 0.3) is 0 Å². The van der Waals surface area contributed by atoms with Gasteiger partial charge < -0.3 is 18.2 Å². The van der Waals surface area contributed by atoms with Crippen molar-refractivity contribution in [2.75, 3.05) is 4.90 Å². The number of rotatable bonds is 5. The maximum Gasteiger partial charge on any atom is 0.227 e. The molecule has 48 heavy (non-hydrogen) atoms. The Morgan fingerprint density at radius 2 is 1.06 bits per heavy atom. The molecule has 5 nitrogen and oxygen atoms in total. The second-order valence-electron chi connectivity index (χ2n) is 12.0. The van der Waals surface area contributed by atoms with Gasteiger partial charge in [0, 0.05) is 50.8 Å². The van der Waals surface area contributed by atoms with Gasteiger partial charge in [-0.05, 0) is 66.2 Å². The Morgan fingerprint density at radius 3 is 1.88 bits per heavy atom. The van der Waals surface area contributed by atoms with Crippen LogP contribution in [0.15, 0.2) is 171 Å². The first-order chi connectivity index (χ1) is 23.8. The predicted molar refractivity (Wildman–Crippen MR) is 194 cm³/mol. The van der Waals surface area contributed by atoms with E-state index in [1.54, 1.807) is 0 Å². The van der Waals surface area contributed by atoms with E-state index in [4.69, 9.17) is 18.2 Å². The molecular weight excluding hydrogens is 592 g/mol. The Bertz CT molecular complexity index is 2790. The number of hydrogen-bond donors (Lipinski definition) is 0. The zero-order valence-corrected chi connectivity index (χ0v) is 25.6. The lowest BCUT2D eigenvalue weighted by Crippen LogP contribution is -2.11. The van der Waals surface area contributed by atoms with Crippen LogP contribution >= 0.6 is 0 Å². The van der Waals surface area contributed by atoms with E-state index in [1.165, 1.54) is 0 Å². The van der Waals surface area contributed by atoms with E-state index >= 15 is 0 Å². The van der Waals surface area contributed by atoms with Crippen LogP contribution in [0, 0.1) is 0 Å². The third kappa shape index (κ3) is 4.15. The molecule has 3 heterocycles. The molecule has 0 fully saturated rings. The van der Waals surface area contributed by atoms with E-state index in [9.17, 15) is 0 Å². The van der Waals surface area contributed by atoms with Crippen molar-refractivity contribution in [3.8, 4) is 22.6 Å². The third-order valence-corrected chi connectivity index (χ3v) is 9.10. The zero-order chi connectivity index (χ0) is 31.6. The highest BCUT2D eigenvalue weighted by Gasteiger charge is 2.22. The van der Waals surface area contributed by atoms with Crippen LogP contribution in [0.1, 0.15) is 0 Å². The topological polar surface area (TPSA) is 55.6 Å². The van der Waals surface area contributed by atoms with Gasteiger partial charge in [-0.25, -0.2) is 4.98 Å². The van der Waals surface area contributed by atoms with E-state index in [0.29, 0.717) is 5.89 Å². The highest BCUT2D eigenvalue weighted by molar-refractivity contribution is 6.17. The first-order valence-electron chi connectivity index (χ1n) is 16.0. The SMILES string of the molecule is c1ccc(-c2nc3ccc4oc5cc(N(c6ccc7c(c6)oc6ccccc67)c6ccccc6-c6ccccc6)ccc5c4c3o2)cc1. The van der Waals surface area contributed by atoms with Crippen LogP contribution in [0.5, 0.6) is 0 Å². The summed E-state index contributed by atoms with van der Waals surface area (Å²) in [5.74, 6) is 0.591. The number of benzene rings is 7. The van der Waals surface area contributed by atoms with Gasteiger partial charge in [-0.15, -0.1) is 0 Å². The van der Waals surface area contributed by atoms with Crippen LogP contribution in [-0.2, 0) is 0 Å². The normalized spacial score (nSPS) is 11.8. The number of oxazole rings is 1. The Morgan fingerprint density at radius 1 is 0.438 bits per heavy atom. The first-order valence-corrected chi connectivity index (χ1v) is 16.0. The number of furan rings is 2. The quantitative estimate of drug-likeness (QED) is 0.192. The van der Waals surface area contributed by atoms with Gasteiger partial charge in [-0.1, -0.05) is 84.9 Å². The van der Waals surface area contributed by atoms with Gasteiger partial charge in [0.1, 0.15) is 27.8 Å². The van der Waals surface area contributed by atoms with Crippen molar-refractivity contribution in [1.82, 2.24) is 4.98 Å². The average molecular weight is 619 g/mol. The van der Waals surface area contributed by atoms with Crippen LogP contribution in [0.3, 0.4) is 0 Å². The molecule has 0 bridgehead atoms. The molecule has 0 aliphatic carbocycles. The summed E-state index contributed by atoms with van der Waals surface area (Å²) in [6.45, 7) is 0. The second kappa shape index (κ2) is 10.5. The highest BCUT2D eigenvalue weighted by atomic mass is 16.4. The molecule has 0 aliphatic rings. The minimum Gasteiger partial charge on any atom is -0.456 e. The summed E-state index contributed by atoms with van der Waals surface area (Å²) in [6.07, 6.45) is 0. The number of nitrogens with zero attached hydrogens (tertiary/aromatic N) is 2. The minimum atomic E-state index is 0.591. The molecule has 0 aliphatic heterocycles. The molecular formula is C43H26N2O3. The summed E-state index contributed by atoms with van der Waals surface area (Å²) in [5, 5.41) is 4.08. The van der Waals surface area contributed by atoms with Crippen LogP contribution in [-0.4, -0.2) is 4.98 Å². The molecule has 5 heteroatoms. The second-order valence-corrected chi connectivity index (χ2v) is 12.0. The van der Waals surface area contributed by atoms with Crippen LogP contribution < -0.4 is 4.90 Å². The molecule has 0 amide bonds. The Balaban J connectivity index is 1.19. The zero-order valence-electron chi connectivity index (χ0n) is 25.6. The highest BCUT2D eigenvalue weighted by Crippen LogP contribution is 2.45. The number of para-hydroxylation sites is 2. The van der Waals surface area contributed by atoms with Crippen molar-refractivity contribution in [1.29, 1.82) is 0 Å². The molecule has 3 aromatic heterocycles. The minimum absolute atomic E-state index is 0.591. The molecule has 10 rings (SSSR count). The van der Waals surface area contributed by atoms with Crippen molar-refractivity contribution in [3.05, 3.63) is 158 Å². The molecule has 0 unspecified atom stereocenters. The van der Waals surface area contributed by atoms with Crippen molar-refractivity contribution < 1.29 is 13.3 Å². The number of aromatic nitrogens is 1. The molecule has 0 atom stereocenters. The smallest absolute Gasteiger partial charge is 0.227 e. The predicted octanol–water partition coefficient (Wildman–Crippen LogP) is 12.4. The van der Waals surface area contributed by atoms with E-state index in [-0.39, 0.29) is 0 Å². The Kier molecular flexibility index (Phi) is 5.81. The summed E-state index contributed by atoms with van der Waals surface area (Å²) < 4.78 is 19.3. The molecule has 0 saturated carbocycles. The van der Waals surface area contributed by atoms with E-state index in [2.05, 4.69) is 95.9 Å². The lowest BCUT2D eigenvalue weighted by Gasteiger charge is -2.27. The van der Waals surface area contributed by atoms with Crippen molar-refractivity contribution in [3.63, 3.8) is 0 Å². The Labute approximate surface area is 274 Å². The third-order valence-electron chi connectivity index (χ3n) is 9.10. The molecule has 7 aromatic carbocycles. The van der Waals surface area contributed by atoms with Gasteiger partial charge in [-0.2, -0.15) is 0 Å². The fraction of sp³-hybridized carbons (Fsp3) is 0. The first kappa shape index (κ1) is 26.6. The number of hydrogen-bond acceptors (Lipinski definition) is 5. The van der Waals surface area contributed by atoms with Crippen molar-refractivity contribution in [2.45, 2.75) is 0 Å². The molecule has 0 N–H and O–H groups in total. The monoisotopic (exact) mass is 618 g/mol. The standard InChI is InChI=1S/C43H26N2O3/c1-3-11-27(12-4-1)31-15-7-9-17-36(31)45(29-19-21-33-32-16-8-10-18-37(32)46-39(33)25-29)30-20-22-34-40(26-30)47-38-24-23-35-42(41(34)38)48-43(44-35)28-13-5-2-6-14-28/h1-26H. The summed E-state index contributed by atoms with van der Waals surface area (Å²) in [6, 6.07) is 53.9. The fourth-order valence-electron chi connectivity index (χ4n) is 6.89. The maximum absolute atomic E-state index is 6.53. The van der Waals surface area contributed by atoms with Crippen molar-refractivity contribution in [2.24, 2.45) is 0 Å². The average Bonchev–Trinajstić information content (AvgIpc) is 3.85. The van der Waals surface area contributed by atoms with E-state index < -0.39 is 0 Å². The maximum atomic E-state index is 6.53. The van der Waals surface area contributed by atoms with Gasteiger partial charge in [0.2, 0.25) is 5.89 Å². The lowest BCUT2D eigenvalue weighted by molar-refractivity contribution is 0.622. The molecule has 226 valence electrons. The summed E-state index contributed by atoms with van der Waals surface area (Å²) in [5.41, 5.74) is 10.9.